The lowest BCUT2D eigenvalue weighted by Gasteiger charge is -2.10. The standard InChI is InChI=1S/C16H20N2/c1-3-12-7-5-6-8-15(12)18-16(13-9-10-13)11-14(4-2)17-18/h5-8,11,13H,3-4,9-10H2,1-2H3. The maximum Gasteiger partial charge on any atom is 0.0680 e. The van der Waals surface area contributed by atoms with Crippen LogP contribution in [-0.2, 0) is 12.8 Å². The molecule has 1 fully saturated rings. The maximum atomic E-state index is 4.79. The molecule has 1 heterocycles. The fourth-order valence-electron chi connectivity index (χ4n) is 2.50. The molecule has 1 aromatic carbocycles. The Morgan fingerprint density at radius 2 is 1.94 bits per heavy atom. The molecule has 2 nitrogen and oxygen atoms in total. The van der Waals surface area contributed by atoms with Crippen molar-refractivity contribution in [3.8, 4) is 5.69 Å². The van der Waals surface area contributed by atoms with Crippen molar-refractivity contribution < 1.29 is 0 Å². The average Bonchev–Trinajstić information content (AvgIpc) is 3.18. The second-order valence-electron chi connectivity index (χ2n) is 5.08. The van der Waals surface area contributed by atoms with E-state index in [4.69, 9.17) is 5.10 Å². The highest BCUT2D eigenvalue weighted by Gasteiger charge is 2.28. The zero-order chi connectivity index (χ0) is 12.5. The predicted molar refractivity (Wildman–Crippen MR) is 74.3 cm³/mol. The highest BCUT2D eigenvalue weighted by Crippen LogP contribution is 2.41. The first-order valence-corrected chi connectivity index (χ1v) is 7.00. The third-order valence-corrected chi connectivity index (χ3v) is 3.75. The summed E-state index contributed by atoms with van der Waals surface area (Å²) in [6.07, 6.45) is 4.72. The molecule has 0 unspecified atom stereocenters. The summed E-state index contributed by atoms with van der Waals surface area (Å²) in [6.45, 7) is 4.38. The Bertz CT molecular complexity index is 550. The summed E-state index contributed by atoms with van der Waals surface area (Å²) in [6, 6.07) is 10.9. The molecular formula is C16H20N2. The molecule has 0 saturated heterocycles. The second kappa shape index (κ2) is 4.60. The van der Waals surface area contributed by atoms with Gasteiger partial charge in [-0.3, -0.25) is 0 Å². The normalized spacial score (nSPS) is 15.0. The molecule has 2 aromatic rings. The molecule has 0 radical (unpaired) electrons. The Balaban J connectivity index is 2.12. The van der Waals surface area contributed by atoms with Crippen LogP contribution in [0.5, 0.6) is 0 Å². The number of hydrogen-bond acceptors (Lipinski definition) is 1. The molecule has 0 aliphatic heterocycles. The van der Waals surface area contributed by atoms with Crippen molar-refractivity contribution >= 4 is 0 Å². The molecule has 0 N–H and O–H groups in total. The van der Waals surface area contributed by atoms with E-state index >= 15 is 0 Å². The van der Waals surface area contributed by atoms with Crippen LogP contribution in [0.15, 0.2) is 30.3 Å². The van der Waals surface area contributed by atoms with E-state index in [0.29, 0.717) is 0 Å². The number of hydrogen-bond donors (Lipinski definition) is 0. The third kappa shape index (κ3) is 1.96. The minimum atomic E-state index is 0.739. The van der Waals surface area contributed by atoms with Gasteiger partial charge in [-0.15, -0.1) is 0 Å². The van der Waals surface area contributed by atoms with Gasteiger partial charge in [-0.2, -0.15) is 5.10 Å². The molecule has 0 atom stereocenters. The van der Waals surface area contributed by atoms with Gasteiger partial charge in [0.15, 0.2) is 0 Å². The van der Waals surface area contributed by atoms with E-state index < -0.39 is 0 Å². The van der Waals surface area contributed by atoms with Gasteiger partial charge in [0.05, 0.1) is 11.4 Å². The summed E-state index contributed by atoms with van der Waals surface area (Å²) in [5.74, 6) is 0.739. The fourth-order valence-corrected chi connectivity index (χ4v) is 2.50. The van der Waals surface area contributed by atoms with E-state index in [2.05, 4.69) is 48.9 Å². The highest BCUT2D eigenvalue weighted by atomic mass is 15.3. The number of benzene rings is 1. The first-order valence-electron chi connectivity index (χ1n) is 7.00. The third-order valence-electron chi connectivity index (χ3n) is 3.75. The van der Waals surface area contributed by atoms with Crippen LogP contribution in [0.3, 0.4) is 0 Å². The van der Waals surface area contributed by atoms with Gasteiger partial charge in [-0.05, 0) is 43.4 Å². The minimum Gasteiger partial charge on any atom is -0.237 e. The van der Waals surface area contributed by atoms with Gasteiger partial charge in [0.25, 0.3) is 0 Å². The molecule has 0 amide bonds. The average molecular weight is 240 g/mol. The number of aryl methyl sites for hydroxylation is 2. The summed E-state index contributed by atoms with van der Waals surface area (Å²) < 4.78 is 2.19. The zero-order valence-corrected chi connectivity index (χ0v) is 11.2. The Kier molecular flexibility index (Phi) is 2.94. The minimum absolute atomic E-state index is 0.739. The van der Waals surface area contributed by atoms with Gasteiger partial charge >= 0.3 is 0 Å². The van der Waals surface area contributed by atoms with E-state index in [0.717, 1.165) is 18.8 Å². The van der Waals surface area contributed by atoms with Gasteiger partial charge in [0.1, 0.15) is 0 Å². The van der Waals surface area contributed by atoms with Crippen LogP contribution in [0.1, 0.15) is 49.6 Å². The molecule has 0 spiro atoms. The fraction of sp³-hybridized carbons (Fsp3) is 0.438. The first kappa shape index (κ1) is 11.5. The van der Waals surface area contributed by atoms with Gasteiger partial charge in [-0.25, -0.2) is 4.68 Å². The number of rotatable bonds is 4. The highest BCUT2D eigenvalue weighted by molar-refractivity contribution is 5.43. The van der Waals surface area contributed by atoms with Crippen LogP contribution in [0.25, 0.3) is 5.69 Å². The van der Waals surface area contributed by atoms with E-state index in [1.54, 1.807) is 0 Å². The van der Waals surface area contributed by atoms with Crippen molar-refractivity contribution in [2.24, 2.45) is 0 Å². The van der Waals surface area contributed by atoms with E-state index in [-0.39, 0.29) is 0 Å². The molecule has 1 saturated carbocycles. The lowest BCUT2D eigenvalue weighted by Crippen LogP contribution is -2.04. The Morgan fingerprint density at radius 3 is 2.61 bits per heavy atom. The Hall–Kier alpha value is -1.57. The predicted octanol–water partition coefficient (Wildman–Crippen LogP) is 3.87. The van der Waals surface area contributed by atoms with Crippen molar-refractivity contribution in [3.63, 3.8) is 0 Å². The lowest BCUT2D eigenvalue weighted by molar-refractivity contribution is 0.780. The molecule has 0 bridgehead atoms. The topological polar surface area (TPSA) is 17.8 Å². The van der Waals surface area contributed by atoms with E-state index in [1.807, 2.05) is 0 Å². The van der Waals surface area contributed by atoms with Gasteiger partial charge in [-0.1, -0.05) is 32.0 Å². The number of nitrogens with zero attached hydrogens (tertiary/aromatic N) is 2. The van der Waals surface area contributed by atoms with Crippen LogP contribution in [0.2, 0.25) is 0 Å². The van der Waals surface area contributed by atoms with Gasteiger partial charge in [0.2, 0.25) is 0 Å². The SMILES string of the molecule is CCc1cc(C2CC2)n(-c2ccccc2CC)n1. The van der Waals surface area contributed by atoms with Gasteiger partial charge in [0, 0.05) is 11.6 Å². The van der Waals surface area contributed by atoms with Crippen LogP contribution in [-0.4, -0.2) is 9.78 Å². The maximum absolute atomic E-state index is 4.79. The molecule has 1 aliphatic carbocycles. The molecule has 1 aliphatic rings. The van der Waals surface area contributed by atoms with Crippen molar-refractivity contribution in [1.82, 2.24) is 9.78 Å². The zero-order valence-electron chi connectivity index (χ0n) is 11.2. The van der Waals surface area contributed by atoms with E-state index in [9.17, 15) is 0 Å². The van der Waals surface area contributed by atoms with E-state index in [1.165, 1.54) is 35.5 Å². The summed E-state index contributed by atoms with van der Waals surface area (Å²) in [7, 11) is 0. The number of aromatic nitrogens is 2. The molecule has 2 heteroatoms. The quantitative estimate of drug-likeness (QED) is 0.793. The Morgan fingerprint density at radius 1 is 1.17 bits per heavy atom. The summed E-state index contributed by atoms with van der Waals surface area (Å²) in [4.78, 5) is 0. The molecule has 18 heavy (non-hydrogen) atoms. The van der Waals surface area contributed by atoms with Crippen molar-refractivity contribution in [2.75, 3.05) is 0 Å². The monoisotopic (exact) mass is 240 g/mol. The Labute approximate surface area is 109 Å². The second-order valence-corrected chi connectivity index (χ2v) is 5.08. The van der Waals surface area contributed by atoms with Gasteiger partial charge < -0.3 is 0 Å². The molecule has 94 valence electrons. The van der Waals surface area contributed by atoms with Crippen LogP contribution >= 0.6 is 0 Å². The molecule has 1 aromatic heterocycles. The van der Waals surface area contributed by atoms with Crippen molar-refractivity contribution in [2.45, 2.75) is 45.4 Å². The first-order chi connectivity index (χ1) is 8.83. The smallest absolute Gasteiger partial charge is 0.0680 e. The van der Waals surface area contributed by atoms with Crippen LogP contribution in [0, 0.1) is 0 Å². The summed E-state index contributed by atoms with van der Waals surface area (Å²) in [5, 5.41) is 4.79. The molecule has 3 rings (SSSR count). The van der Waals surface area contributed by atoms with Crippen molar-refractivity contribution in [1.29, 1.82) is 0 Å². The lowest BCUT2D eigenvalue weighted by atomic mass is 10.1. The van der Waals surface area contributed by atoms with Crippen LogP contribution in [0.4, 0.5) is 0 Å². The summed E-state index contributed by atoms with van der Waals surface area (Å²) >= 11 is 0. The molecular weight excluding hydrogens is 220 g/mol. The summed E-state index contributed by atoms with van der Waals surface area (Å²) in [5.41, 5.74) is 5.27. The number of para-hydroxylation sites is 1. The van der Waals surface area contributed by atoms with Crippen molar-refractivity contribution in [3.05, 3.63) is 47.3 Å². The van der Waals surface area contributed by atoms with Crippen LogP contribution < -0.4 is 0 Å². The largest absolute Gasteiger partial charge is 0.237 e.